The molecule has 6 aromatic carbocycles. The number of ether oxygens (including phenoxy) is 1. The molecule has 2 radical (unpaired) electrons. The molecule has 61 heavy (non-hydrogen) atoms. The fourth-order valence-corrected chi connectivity index (χ4v) is 7.69. The SMILES string of the molecule is COc1c(C(C)(C)C)cc2[cH-]c(C)cc2c1-c1cc(C(C)(C)C)cc(C(C)(C)C)c1.C[Si]C.Cc1cc(-c2cc(C(C)(C)C)cc(C(C)(C)C)c2)c2cc(C)[cH-]c2c1.[Cl][Zr+2][Cl]. The Morgan fingerprint density at radius 2 is 0.852 bits per heavy atom. The van der Waals surface area contributed by atoms with E-state index in [1.807, 2.05) is 7.11 Å². The summed E-state index contributed by atoms with van der Waals surface area (Å²) in [5, 5.41) is 5.30. The van der Waals surface area contributed by atoms with Gasteiger partial charge in [0.1, 0.15) is 5.75 Å². The van der Waals surface area contributed by atoms with E-state index in [1.54, 1.807) is 0 Å². The van der Waals surface area contributed by atoms with Crippen LogP contribution in [0.15, 0.2) is 78.9 Å². The zero-order chi connectivity index (χ0) is 46.6. The molecule has 0 atom stereocenters. The summed E-state index contributed by atoms with van der Waals surface area (Å²) in [6, 6.07) is 30.5. The van der Waals surface area contributed by atoms with Gasteiger partial charge in [-0.3, -0.25) is 0 Å². The molecule has 0 saturated carbocycles. The van der Waals surface area contributed by atoms with E-state index in [9.17, 15) is 0 Å². The Hall–Kier alpha value is -2.42. The van der Waals surface area contributed by atoms with Crippen LogP contribution in [0.2, 0.25) is 13.1 Å². The van der Waals surface area contributed by atoms with Gasteiger partial charge < -0.3 is 4.74 Å². The molecule has 0 unspecified atom stereocenters. The summed E-state index contributed by atoms with van der Waals surface area (Å²) in [4.78, 5) is 0. The Kier molecular flexibility index (Phi) is 17.9. The predicted molar refractivity (Wildman–Crippen MR) is 273 cm³/mol. The van der Waals surface area contributed by atoms with Crippen LogP contribution in [0.4, 0.5) is 0 Å². The van der Waals surface area contributed by atoms with Crippen molar-refractivity contribution in [3.8, 4) is 28.0 Å². The van der Waals surface area contributed by atoms with Crippen LogP contribution in [-0.4, -0.2) is 16.6 Å². The molecule has 0 aliphatic carbocycles. The molecule has 0 bridgehead atoms. The Morgan fingerprint density at radius 3 is 1.21 bits per heavy atom. The number of hydrogen-bond donors (Lipinski definition) is 0. The van der Waals surface area contributed by atoms with Crippen molar-refractivity contribution < 1.29 is 25.6 Å². The van der Waals surface area contributed by atoms with Crippen molar-refractivity contribution in [1.29, 1.82) is 0 Å². The number of hydrogen-bond acceptors (Lipinski definition) is 1. The maximum absolute atomic E-state index is 6.13. The van der Waals surface area contributed by atoms with Crippen LogP contribution in [0.25, 0.3) is 43.8 Å². The summed E-state index contributed by atoms with van der Waals surface area (Å²) in [6.45, 7) is 45.3. The molecule has 0 amide bonds. The van der Waals surface area contributed by atoms with E-state index in [0.29, 0.717) is 0 Å². The van der Waals surface area contributed by atoms with Crippen LogP contribution < -0.4 is 4.74 Å². The first-order valence-corrected chi connectivity index (χ1v) is 30.1. The second kappa shape index (κ2) is 20.6. The second-order valence-corrected chi connectivity index (χ2v) is 26.9. The van der Waals surface area contributed by atoms with Crippen molar-refractivity contribution in [3.05, 3.63) is 123 Å². The second-order valence-electron chi connectivity index (χ2n) is 22.1. The van der Waals surface area contributed by atoms with E-state index >= 15 is 0 Å². The molecular formula is C56H76Cl2OSiZr. The van der Waals surface area contributed by atoms with Crippen LogP contribution >= 0.6 is 17.0 Å². The summed E-state index contributed by atoms with van der Waals surface area (Å²) in [5.74, 6) is 1.01. The van der Waals surface area contributed by atoms with Crippen LogP contribution in [-0.2, 0) is 47.9 Å². The predicted octanol–water partition coefficient (Wildman–Crippen LogP) is 18.0. The van der Waals surface area contributed by atoms with Crippen molar-refractivity contribution in [1.82, 2.24) is 0 Å². The average molecular weight is 955 g/mol. The fraction of sp³-hybridized carbons (Fsp3) is 0.464. The van der Waals surface area contributed by atoms with Crippen molar-refractivity contribution in [3.63, 3.8) is 0 Å². The van der Waals surface area contributed by atoms with Gasteiger partial charge in [0.05, 0.1) is 7.11 Å². The van der Waals surface area contributed by atoms with Gasteiger partial charge in [-0.05, 0) is 78.5 Å². The monoisotopic (exact) mass is 952 g/mol. The number of aryl methyl sites for hydroxylation is 3. The summed E-state index contributed by atoms with van der Waals surface area (Å²) in [5.41, 5.74) is 16.4. The number of halogens is 2. The number of rotatable bonds is 3. The first-order valence-electron chi connectivity index (χ1n) is 21.7. The topological polar surface area (TPSA) is 9.23 Å². The minimum absolute atomic E-state index is 0.00600. The van der Waals surface area contributed by atoms with Crippen molar-refractivity contribution in [2.45, 2.75) is 165 Å². The zero-order valence-corrected chi connectivity index (χ0v) is 46.6. The van der Waals surface area contributed by atoms with Crippen molar-refractivity contribution >= 4 is 48.1 Å². The van der Waals surface area contributed by atoms with E-state index in [2.05, 4.69) is 217 Å². The molecular weight excluding hydrogens is 879 g/mol. The summed E-state index contributed by atoms with van der Waals surface area (Å²) in [6.07, 6.45) is 0. The number of benzene rings is 4. The zero-order valence-electron chi connectivity index (χ0n) is 41.7. The van der Waals surface area contributed by atoms with Crippen molar-refractivity contribution in [2.24, 2.45) is 0 Å². The van der Waals surface area contributed by atoms with E-state index in [1.165, 1.54) is 88.3 Å². The Balaban J connectivity index is 0.000000292. The van der Waals surface area contributed by atoms with Crippen LogP contribution in [0.1, 0.15) is 148 Å². The number of methoxy groups -OCH3 is 1. The summed E-state index contributed by atoms with van der Waals surface area (Å²) < 4.78 is 6.13. The molecule has 6 rings (SSSR count). The van der Waals surface area contributed by atoms with E-state index < -0.39 is 20.8 Å². The van der Waals surface area contributed by atoms with Gasteiger partial charge in [0.2, 0.25) is 0 Å². The first kappa shape index (κ1) is 52.9. The third-order valence-electron chi connectivity index (χ3n) is 11.2. The molecule has 0 spiro atoms. The van der Waals surface area contributed by atoms with E-state index in [0.717, 1.165) is 15.3 Å². The molecule has 0 aliphatic rings. The van der Waals surface area contributed by atoms with Gasteiger partial charge >= 0.3 is 37.9 Å². The fourth-order valence-electron chi connectivity index (χ4n) is 7.69. The minimum atomic E-state index is -0.826. The summed E-state index contributed by atoms with van der Waals surface area (Å²) >= 11 is -0.826. The Morgan fingerprint density at radius 1 is 0.492 bits per heavy atom. The molecule has 5 heteroatoms. The van der Waals surface area contributed by atoms with Crippen LogP contribution in [0.3, 0.4) is 0 Å². The molecule has 0 fully saturated rings. The molecule has 0 saturated heterocycles. The maximum atomic E-state index is 6.13. The van der Waals surface area contributed by atoms with Crippen LogP contribution in [0, 0.1) is 20.8 Å². The molecule has 6 aromatic rings. The Labute approximate surface area is 394 Å². The van der Waals surface area contributed by atoms with Crippen LogP contribution in [0.5, 0.6) is 5.75 Å². The van der Waals surface area contributed by atoms with Gasteiger partial charge in [0.15, 0.2) is 0 Å². The van der Waals surface area contributed by atoms with E-state index in [-0.39, 0.29) is 27.1 Å². The van der Waals surface area contributed by atoms with E-state index in [4.69, 9.17) is 21.8 Å². The van der Waals surface area contributed by atoms with Crippen molar-refractivity contribution in [2.75, 3.05) is 7.11 Å². The first-order chi connectivity index (χ1) is 27.9. The molecule has 0 aromatic heterocycles. The summed E-state index contributed by atoms with van der Waals surface area (Å²) in [7, 11) is 12.8. The third kappa shape index (κ3) is 13.8. The van der Waals surface area contributed by atoms with Gasteiger partial charge in [-0.15, -0.1) is 56.9 Å². The molecule has 0 N–H and O–H groups in total. The number of fused-ring (bicyclic) bond motifs is 2. The van der Waals surface area contributed by atoms with Gasteiger partial charge in [0, 0.05) is 9.52 Å². The molecule has 0 heterocycles. The Bertz CT molecular complexity index is 2320. The van der Waals surface area contributed by atoms with Gasteiger partial charge in [-0.25, -0.2) is 0 Å². The normalized spacial score (nSPS) is 12.2. The van der Waals surface area contributed by atoms with Gasteiger partial charge in [-0.1, -0.05) is 184 Å². The standard InChI is InChI=1S/C29H39O.C25H31.C2H6Si.2ClH.Zr/c1-18-12-19-16-24(29(8,9)10)26(30-11)25(23(19)13-18)20-14-21(27(2,3)4)17-22(15-20)28(5,6)7;1-16-9-18-10-17(2)12-23(22(18)11-16)19-13-20(24(3,4)5)15-21(14-19)25(6,7)8;1-3-2;;;/h12-17H,1-11H3;9-15H,1-8H3;1-2H3;2*1H;/q2*-1;;;;+4/p-2. The third-order valence-corrected chi connectivity index (χ3v) is 11.2. The molecule has 0 aliphatic heterocycles. The molecule has 1 nitrogen and oxygen atoms in total. The average Bonchev–Trinajstić information content (AvgIpc) is 3.69. The van der Waals surface area contributed by atoms with Gasteiger partial charge in [-0.2, -0.15) is 12.1 Å². The quantitative estimate of drug-likeness (QED) is 0.127. The van der Waals surface area contributed by atoms with Gasteiger partial charge in [0.25, 0.3) is 0 Å². The molecule has 328 valence electrons.